The Morgan fingerprint density at radius 3 is 2.68 bits per heavy atom. The lowest BCUT2D eigenvalue weighted by Crippen LogP contribution is -2.56. The van der Waals surface area contributed by atoms with Crippen molar-refractivity contribution < 1.29 is 4.74 Å². The van der Waals surface area contributed by atoms with Crippen LogP contribution in [-0.4, -0.2) is 62.4 Å². The van der Waals surface area contributed by atoms with Crippen molar-refractivity contribution in [2.24, 2.45) is 9.98 Å². The Morgan fingerprint density at radius 2 is 2.04 bits per heavy atom. The molecule has 0 bridgehead atoms. The fourth-order valence-electron chi connectivity index (χ4n) is 3.19. The number of piperidine rings is 1. The first-order chi connectivity index (χ1) is 13.5. The molecule has 1 unspecified atom stereocenters. The molecule has 0 radical (unpaired) electrons. The van der Waals surface area contributed by atoms with Crippen molar-refractivity contribution in [2.75, 3.05) is 32.6 Å². The highest BCUT2D eigenvalue weighted by atomic mass is 35.5. The molecule has 1 saturated heterocycles. The number of nitrogens with zero attached hydrogens (tertiary/aromatic N) is 3. The topological polar surface area (TPSA) is 85.3 Å². The number of halogens is 1. The molecule has 1 fully saturated rings. The molecule has 8 nitrogen and oxygen atoms in total. The van der Waals surface area contributed by atoms with Gasteiger partial charge in [0, 0.05) is 24.8 Å². The normalized spacial score (nSPS) is 20.6. The molecular weight excluding hydrogens is 378 g/mol. The third-order valence-corrected chi connectivity index (χ3v) is 5.00. The van der Waals surface area contributed by atoms with Gasteiger partial charge in [-0.15, -0.1) is 0 Å². The average molecular weight is 408 g/mol. The van der Waals surface area contributed by atoms with Gasteiger partial charge in [0.2, 0.25) is 11.9 Å². The zero-order valence-corrected chi connectivity index (χ0v) is 17.7. The third-order valence-electron chi connectivity index (χ3n) is 4.71. The van der Waals surface area contributed by atoms with Crippen LogP contribution in [0, 0.1) is 0 Å². The Morgan fingerprint density at radius 1 is 1.29 bits per heavy atom. The van der Waals surface area contributed by atoms with Crippen LogP contribution in [0.1, 0.15) is 26.7 Å². The molecule has 0 saturated carbocycles. The van der Waals surface area contributed by atoms with Crippen molar-refractivity contribution in [3.05, 3.63) is 23.2 Å². The number of aliphatic imine (C=N–C) groups is 2. The van der Waals surface area contributed by atoms with Gasteiger partial charge >= 0.3 is 0 Å². The van der Waals surface area contributed by atoms with Crippen molar-refractivity contribution in [3.8, 4) is 5.75 Å². The average Bonchev–Trinajstić information content (AvgIpc) is 2.66. The van der Waals surface area contributed by atoms with E-state index in [2.05, 4.69) is 40.1 Å². The number of hydrogen-bond donors (Lipinski definition) is 4. The predicted molar refractivity (Wildman–Crippen MR) is 115 cm³/mol. The van der Waals surface area contributed by atoms with E-state index in [0.29, 0.717) is 28.7 Å². The highest BCUT2D eigenvalue weighted by Gasteiger charge is 2.27. The molecule has 0 spiro atoms. The molecule has 0 aromatic heterocycles. The summed E-state index contributed by atoms with van der Waals surface area (Å²) in [6.07, 6.45) is 1.97. The molecule has 28 heavy (non-hydrogen) atoms. The third kappa shape index (κ3) is 5.27. The maximum absolute atomic E-state index is 6.27. The SMILES string of the molecule is COc1ccc(NC2=NC(NC(C)C)=NC(NC3CCNCC3)N2C)cc1Cl. The van der Waals surface area contributed by atoms with Crippen LogP contribution >= 0.6 is 11.6 Å². The number of nitrogens with one attached hydrogen (secondary N) is 4. The molecule has 4 N–H and O–H groups in total. The lowest BCUT2D eigenvalue weighted by atomic mass is 10.1. The summed E-state index contributed by atoms with van der Waals surface area (Å²) in [6.45, 7) is 6.20. The maximum Gasteiger partial charge on any atom is 0.224 e. The smallest absolute Gasteiger partial charge is 0.224 e. The summed E-state index contributed by atoms with van der Waals surface area (Å²) in [4.78, 5) is 11.4. The standard InChI is InChI=1S/C19H30ClN7O/c1-12(2)22-17-25-18(23-13-7-9-21-10-8-13)27(3)19(26-17)24-14-5-6-16(28-4)15(20)11-14/h5-6,11-13,18,21,23H,7-10H2,1-4H3,(H2,22,24,25,26). The van der Waals surface area contributed by atoms with Gasteiger partial charge < -0.3 is 25.6 Å². The molecule has 9 heteroatoms. The minimum atomic E-state index is -0.196. The van der Waals surface area contributed by atoms with Crippen molar-refractivity contribution in [1.29, 1.82) is 0 Å². The number of hydrogen-bond acceptors (Lipinski definition) is 8. The molecule has 1 atom stereocenters. The molecule has 2 aliphatic heterocycles. The van der Waals surface area contributed by atoms with E-state index in [1.165, 1.54) is 0 Å². The van der Waals surface area contributed by atoms with Crippen LogP contribution in [0.25, 0.3) is 0 Å². The fraction of sp³-hybridized carbons (Fsp3) is 0.579. The van der Waals surface area contributed by atoms with E-state index in [0.717, 1.165) is 31.6 Å². The Labute approximate surface area is 171 Å². The highest BCUT2D eigenvalue weighted by molar-refractivity contribution is 6.32. The highest BCUT2D eigenvalue weighted by Crippen LogP contribution is 2.27. The van der Waals surface area contributed by atoms with Crippen molar-refractivity contribution >= 4 is 29.2 Å². The summed E-state index contributed by atoms with van der Waals surface area (Å²) < 4.78 is 5.23. The molecule has 1 aromatic carbocycles. The molecule has 0 amide bonds. The summed E-state index contributed by atoms with van der Waals surface area (Å²) in [5.74, 6) is 1.95. The number of anilines is 1. The van der Waals surface area contributed by atoms with Gasteiger partial charge in [0.25, 0.3) is 0 Å². The van der Waals surface area contributed by atoms with Crippen molar-refractivity contribution in [2.45, 2.75) is 45.1 Å². The first-order valence-electron chi connectivity index (χ1n) is 9.69. The van der Waals surface area contributed by atoms with E-state index in [4.69, 9.17) is 21.3 Å². The van der Waals surface area contributed by atoms with Gasteiger partial charge in [0.05, 0.1) is 12.1 Å². The van der Waals surface area contributed by atoms with Gasteiger partial charge in [-0.05, 0) is 58.0 Å². The monoisotopic (exact) mass is 407 g/mol. The Balaban J connectivity index is 1.78. The quantitative estimate of drug-likeness (QED) is 0.597. The van der Waals surface area contributed by atoms with Crippen LogP contribution in [0.2, 0.25) is 5.02 Å². The van der Waals surface area contributed by atoms with Gasteiger partial charge in [0.1, 0.15) is 5.75 Å². The summed E-state index contributed by atoms with van der Waals surface area (Å²) >= 11 is 6.27. The summed E-state index contributed by atoms with van der Waals surface area (Å²) in [7, 11) is 3.58. The zero-order valence-electron chi connectivity index (χ0n) is 16.9. The largest absolute Gasteiger partial charge is 0.495 e. The van der Waals surface area contributed by atoms with Gasteiger partial charge in [0.15, 0.2) is 6.29 Å². The lowest BCUT2D eigenvalue weighted by Gasteiger charge is -2.36. The molecule has 154 valence electrons. The van der Waals surface area contributed by atoms with Crippen LogP contribution in [0.4, 0.5) is 5.69 Å². The maximum atomic E-state index is 6.27. The first-order valence-corrected chi connectivity index (χ1v) is 10.1. The number of rotatable bonds is 5. The number of methoxy groups -OCH3 is 1. The zero-order chi connectivity index (χ0) is 20.1. The second-order valence-electron chi connectivity index (χ2n) is 7.34. The molecular formula is C19H30ClN7O. The fourth-order valence-corrected chi connectivity index (χ4v) is 3.45. The van der Waals surface area contributed by atoms with E-state index in [-0.39, 0.29) is 12.3 Å². The van der Waals surface area contributed by atoms with E-state index in [1.807, 2.05) is 30.1 Å². The Bertz CT molecular complexity index is 731. The predicted octanol–water partition coefficient (Wildman–Crippen LogP) is 2.04. The minimum absolute atomic E-state index is 0.196. The van der Waals surface area contributed by atoms with Gasteiger partial charge in [-0.25, -0.2) is 4.99 Å². The number of guanidine groups is 2. The van der Waals surface area contributed by atoms with Gasteiger partial charge in [-0.2, -0.15) is 4.99 Å². The molecule has 2 aliphatic rings. The summed E-state index contributed by atoms with van der Waals surface area (Å²) in [5, 5.41) is 14.3. The van der Waals surface area contributed by atoms with Crippen LogP contribution < -0.4 is 26.0 Å². The molecule has 3 rings (SSSR count). The van der Waals surface area contributed by atoms with Gasteiger partial charge in [-0.3, -0.25) is 5.32 Å². The van der Waals surface area contributed by atoms with E-state index in [1.54, 1.807) is 7.11 Å². The first kappa shape index (κ1) is 20.7. The van der Waals surface area contributed by atoms with Crippen LogP contribution in [0.15, 0.2) is 28.2 Å². The molecule has 1 aromatic rings. The van der Waals surface area contributed by atoms with Crippen molar-refractivity contribution in [1.82, 2.24) is 20.9 Å². The Kier molecular flexibility index (Phi) is 6.98. The lowest BCUT2D eigenvalue weighted by molar-refractivity contribution is 0.251. The van der Waals surface area contributed by atoms with Crippen LogP contribution in [-0.2, 0) is 0 Å². The van der Waals surface area contributed by atoms with Gasteiger partial charge in [-0.1, -0.05) is 11.6 Å². The molecule has 2 heterocycles. The van der Waals surface area contributed by atoms with E-state index >= 15 is 0 Å². The minimum Gasteiger partial charge on any atom is -0.495 e. The molecule has 0 aliphatic carbocycles. The van der Waals surface area contributed by atoms with E-state index < -0.39 is 0 Å². The summed E-state index contributed by atoms with van der Waals surface area (Å²) in [5.41, 5.74) is 0.836. The number of benzene rings is 1. The number of ether oxygens (including phenoxy) is 1. The van der Waals surface area contributed by atoms with Crippen LogP contribution in [0.5, 0.6) is 5.75 Å². The summed E-state index contributed by atoms with van der Waals surface area (Å²) in [6, 6.07) is 6.24. The van der Waals surface area contributed by atoms with Crippen molar-refractivity contribution in [3.63, 3.8) is 0 Å². The van der Waals surface area contributed by atoms with Crippen LogP contribution in [0.3, 0.4) is 0 Å². The second kappa shape index (κ2) is 9.45. The Hall–Kier alpha value is -2.03. The van der Waals surface area contributed by atoms with E-state index in [9.17, 15) is 0 Å². The second-order valence-corrected chi connectivity index (χ2v) is 7.74.